The summed E-state index contributed by atoms with van der Waals surface area (Å²) in [5, 5.41) is 0.558. The van der Waals surface area contributed by atoms with Gasteiger partial charge in [0.05, 0.1) is 28.0 Å². The lowest BCUT2D eigenvalue weighted by molar-refractivity contribution is 0.604. The van der Waals surface area contributed by atoms with Gasteiger partial charge in [0, 0.05) is 6.20 Å². The maximum absolute atomic E-state index is 12.5. The molecule has 94 valence electrons. The summed E-state index contributed by atoms with van der Waals surface area (Å²) in [6.07, 6.45) is 3.14. The first kappa shape index (κ1) is 11.6. The van der Waals surface area contributed by atoms with Crippen molar-refractivity contribution in [1.82, 2.24) is 9.97 Å². The Morgan fingerprint density at radius 3 is 2.79 bits per heavy atom. The second-order valence-corrected chi connectivity index (χ2v) is 4.42. The van der Waals surface area contributed by atoms with Crippen molar-refractivity contribution < 1.29 is 4.42 Å². The first-order valence-electron chi connectivity index (χ1n) is 5.98. The summed E-state index contributed by atoms with van der Waals surface area (Å²) >= 11 is 0. The summed E-state index contributed by atoms with van der Waals surface area (Å²) in [5.41, 5.74) is 3.02. The Balaban J connectivity index is 2.35. The number of aromatic nitrogens is 2. The fourth-order valence-corrected chi connectivity index (χ4v) is 2.03. The summed E-state index contributed by atoms with van der Waals surface area (Å²) in [5.74, 6) is 0. The molecule has 0 aliphatic heterocycles. The molecule has 0 bridgehead atoms. The van der Waals surface area contributed by atoms with E-state index >= 15 is 0 Å². The van der Waals surface area contributed by atoms with Crippen molar-refractivity contribution in [3.63, 3.8) is 0 Å². The zero-order valence-electron chi connectivity index (χ0n) is 10.7. The maximum Gasteiger partial charge on any atom is 0.202 e. The highest BCUT2D eigenvalue weighted by Gasteiger charge is 2.12. The lowest BCUT2D eigenvalue weighted by Crippen LogP contribution is -2.07. The third-order valence-electron chi connectivity index (χ3n) is 3.01. The molecule has 0 unspecified atom stereocenters. The van der Waals surface area contributed by atoms with Gasteiger partial charge in [0.2, 0.25) is 5.43 Å². The fourth-order valence-electron chi connectivity index (χ4n) is 2.03. The summed E-state index contributed by atoms with van der Waals surface area (Å²) in [6.45, 7) is 3.68. The van der Waals surface area contributed by atoms with Crippen LogP contribution in [0.2, 0.25) is 0 Å². The van der Waals surface area contributed by atoms with Crippen molar-refractivity contribution in [1.29, 1.82) is 0 Å². The van der Waals surface area contributed by atoms with Crippen LogP contribution in [0.4, 0.5) is 0 Å². The lowest BCUT2D eigenvalue weighted by atomic mass is 10.1. The highest BCUT2D eigenvalue weighted by atomic mass is 16.3. The van der Waals surface area contributed by atoms with E-state index in [2.05, 4.69) is 9.97 Å². The molecule has 0 aliphatic carbocycles. The molecule has 4 heteroatoms. The maximum atomic E-state index is 12.5. The van der Waals surface area contributed by atoms with Gasteiger partial charge < -0.3 is 4.42 Å². The van der Waals surface area contributed by atoms with Crippen molar-refractivity contribution in [2.24, 2.45) is 0 Å². The summed E-state index contributed by atoms with van der Waals surface area (Å²) < 4.78 is 5.51. The molecule has 0 saturated carbocycles. The van der Waals surface area contributed by atoms with E-state index in [1.807, 2.05) is 26.0 Å². The third kappa shape index (κ3) is 1.91. The standard InChI is InChI=1S/C15H12N2O2/c1-9-7-16-10(2)14(17-9)12-8-19-13-6-4-3-5-11(13)15(12)18/h3-8H,1-2H3. The molecule has 19 heavy (non-hydrogen) atoms. The van der Waals surface area contributed by atoms with E-state index in [9.17, 15) is 4.79 Å². The van der Waals surface area contributed by atoms with Crippen LogP contribution < -0.4 is 5.43 Å². The molecule has 0 amide bonds. The molecule has 4 nitrogen and oxygen atoms in total. The lowest BCUT2D eigenvalue weighted by Gasteiger charge is -2.05. The number of benzene rings is 1. The van der Waals surface area contributed by atoms with Gasteiger partial charge in [-0.25, -0.2) is 4.98 Å². The number of fused-ring (bicyclic) bond motifs is 1. The van der Waals surface area contributed by atoms with E-state index in [1.54, 1.807) is 18.3 Å². The van der Waals surface area contributed by atoms with Crippen LogP contribution in [0.1, 0.15) is 11.4 Å². The molecular formula is C15H12N2O2. The van der Waals surface area contributed by atoms with Crippen LogP contribution in [0.25, 0.3) is 22.2 Å². The van der Waals surface area contributed by atoms with Crippen molar-refractivity contribution >= 4 is 11.0 Å². The number of nitrogens with zero attached hydrogens (tertiary/aromatic N) is 2. The molecule has 1 aromatic carbocycles. The van der Waals surface area contributed by atoms with Crippen LogP contribution in [0, 0.1) is 13.8 Å². The number of hydrogen-bond donors (Lipinski definition) is 0. The molecule has 0 radical (unpaired) electrons. The zero-order chi connectivity index (χ0) is 13.4. The van der Waals surface area contributed by atoms with Gasteiger partial charge in [-0.15, -0.1) is 0 Å². The van der Waals surface area contributed by atoms with Crippen LogP contribution in [-0.4, -0.2) is 9.97 Å². The highest BCUT2D eigenvalue weighted by molar-refractivity contribution is 5.80. The first-order chi connectivity index (χ1) is 9.16. The summed E-state index contributed by atoms with van der Waals surface area (Å²) in [4.78, 5) is 21.1. The number of rotatable bonds is 1. The number of hydrogen-bond acceptors (Lipinski definition) is 4. The topological polar surface area (TPSA) is 56.0 Å². The minimum absolute atomic E-state index is 0.0788. The van der Waals surface area contributed by atoms with Crippen molar-refractivity contribution in [3.8, 4) is 11.3 Å². The first-order valence-corrected chi connectivity index (χ1v) is 5.98. The fraction of sp³-hybridized carbons (Fsp3) is 0.133. The molecule has 3 aromatic rings. The second-order valence-electron chi connectivity index (χ2n) is 4.42. The van der Waals surface area contributed by atoms with Gasteiger partial charge in [-0.05, 0) is 26.0 Å². The van der Waals surface area contributed by atoms with Gasteiger partial charge >= 0.3 is 0 Å². The molecule has 0 N–H and O–H groups in total. The smallest absolute Gasteiger partial charge is 0.202 e. The molecule has 0 atom stereocenters. The zero-order valence-corrected chi connectivity index (χ0v) is 10.7. The van der Waals surface area contributed by atoms with Crippen LogP contribution in [0.15, 0.2) is 45.9 Å². The molecular weight excluding hydrogens is 240 g/mol. The predicted molar refractivity (Wildman–Crippen MR) is 73.0 cm³/mol. The van der Waals surface area contributed by atoms with E-state index in [-0.39, 0.29) is 5.43 Å². The number of aryl methyl sites for hydroxylation is 2. The number of para-hydroxylation sites is 1. The van der Waals surface area contributed by atoms with Crippen molar-refractivity contribution in [3.05, 3.63) is 58.3 Å². The van der Waals surface area contributed by atoms with Crippen LogP contribution in [0.5, 0.6) is 0 Å². The Hall–Kier alpha value is -2.49. The third-order valence-corrected chi connectivity index (χ3v) is 3.01. The molecule has 0 spiro atoms. The molecule has 0 fully saturated rings. The van der Waals surface area contributed by atoms with Gasteiger partial charge in [0.15, 0.2) is 0 Å². The van der Waals surface area contributed by atoms with Crippen molar-refractivity contribution in [2.75, 3.05) is 0 Å². The summed E-state index contributed by atoms with van der Waals surface area (Å²) in [6, 6.07) is 7.18. The summed E-state index contributed by atoms with van der Waals surface area (Å²) in [7, 11) is 0. The average molecular weight is 252 g/mol. The normalized spacial score (nSPS) is 10.8. The SMILES string of the molecule is Cc1cnc(C)c(-c2coc3ccccc3c2=O)n1. The molecule has 0 aliphatic rings. The monoisotopic (exact) mass is 252 g/mol. The Kier molecular flexibility index (Phi) is 2.63. The van der Waals surface area contributed by atoms with Crippen molar-refractivity contribution in [2.45, 2.75) is 13.8 Å². The minimum Gasteiger partial charge on any atom is -0.463 e. The Bertz CT molecular complexity index is 822. The Morgan fingerprint density at radius 2 is 1.95 bits per heavy atom. The van der Waals surface area contributed by atoms with E-state index in [4.69, 9.17) is 4.42 Å². The van der Waals surface area contributed by atoms with Gasteiger partial charge in [-0.1, -0.05) is 12.1 Å². The Labute approximate surface area is 109 Å². The van der Waals surface area contributed by atoms with E-state index < -0.39 is 0 Å². The molecule has 2 aromatic heterocycles. The van der Waals surface area contributed by atoms with E-state index in [0.29, 0.717) is 27.9 Å². The highest BCUT2D eigenvalue weighted by Crippen LogP contribution is 2.20. The predicted octanol–water partition coefficient (Wildman–Crippen LogP) is 2.87. The van der Waals surface area contributed by atoms with E-state index in [1.165, 1.54) is 6.26 Å². The molecule has 3 rings (SSSR count). The average Bonchev–Trinajstić information content (AvgIpc) is 2.43. The largest absolute Gasteiger partial charge is 0.463 e. The van der Waals surface area contributed by atoms with Crippen LogP contribution >= 0.6 is 0 Å². The van der Waals surface area contributed by atoms with Crippen LogP contribution in [0.3, 0.4) is 0 Å². The molecule has 2 heterocycles. The van der Waals surface area contributed by atoms with Gasteiger partial charge in [0.1, 0.15) is 11.8 Å². The van der Waals surface area contributed by atoms with Gasteiger partial charge in [0.25, 0.3) is 0 Å². The van der Waals surface area contributed by atoms with E-state index in [0.717, 1.165) is 5.69 Å². The van der Waals surface area contributed by atoms with Gasteiger partial charge in [-0.3, -0.25) is 9.78 Å². The second kappa shape index (κ2) is 4.31. The van der Waals surface area contributed by atoms with Gasteiger partial charge in [-0.2, -0.15) is 0 Å². The Morgan fingerprint density at radius 1 is 1.16 bits per heavy atom. The minimum atomic E-state index is -0.0788. The molecule has 0 saturated heterocycles. The van der Waals surface area contributed by atoms with Crippen LogP contribution in [-0.2, 0) is 0 Å². The quantitative estimate of drug-likeness (QED) is 0.668.